The van der Waals surface area contributed by atoms with Crippen LogP contribution in [0.25, 0.3) is 0 Å². The van der Waals surface area contributed by atoms with Crippen molar-refractivity contribution in [1.29, 1.82) is 0 Å². The highest BCUT2D eigenvalue weighted by molar-refractivity contribution is 5.22. The summed E-state index contributed by atoms with van der Waals surface area (Å²) in [5.74, 6) is -1.04. The first-order chi connectivity index (χ1) is 6.75. The third-order valence-electron chi connectivity index (χ3n) is 2.33. The molecule has 1 aromatic carbocycles. The summed E-state index contributed by atoms with van der Waals surface area (Å²) in [4.78, 5) is 0. The monoisotopic (exact) mass is 198 g/mol. The lowest BCUT2D eigenvalue weighted by molar-refractivity contribution is 0.426. The van der Waals surface area contributed by atoms with E-state index in [1.807, 2.05) is 0 Å². The molecule has 4 heteroatoms. The number of benzene rings is 1. The summed E-state index contributed by atoms with van der Waals surface area (Å²) in [5.41, 5.74) is 0.662. The summed E-state index contributed by atoms with van der Waals surface area (Å²) < 4.78 is 25.8. The SMILES string of the molecule is Fc1cc(F)cc([C@@H]2CNCCN2)c1. The van der Waals surface area contributed by atoms with Crippen molar-refractivity contribution in [3.63, 3.8) is 0 Å². The van der Waals surface area contributed by atoms with Crippen LogP contribution in [0.2, 0.25) is 0 Å². The van der Waals surface area contributed by atoms with Crippen molar-refractivity contribution in [2.24, 2.45) is 0 Å². The summed E-state index contributed by atoms with van der Waals surface area (Å²) >= 11 is 0. The van der Waals surface area contributed by atoms with Gasteiger partial charge in [-0.2, -0.15) is 0 Å². The normalized spacial score (nSPS) is 22.3. The second-order valence-electron chi connectivity index (χ2n) is 3.41. The van der Waals surface area contributed by atoms with Gasteiger partial charge in [0.05, 0.1) is 0 Å². The summed E-state index contributed by atoms with van der Waals surface area (Å²) in [7, 11) is 0. The Balaban J connectivity index is 2.21. The predicted octanol–water partition coefficient (Wildman–Crippen LogP) is 1.20. The molecule has 0 radical (unpaired) electrons. The topological polar surface area (TPSA) is 24.1 Å². The molecule has 2 nitrogen and oxygen atoms in total. The average molecular weight is 198 g/mol. The van der Waals surface area contributed by atoms with Crippen LogP contribution >= 0.6 is 0 Å². The zero-order valence-corrected chi connectivity index (χ0v) is 7.69. The Morgan fingerprint density at radius 1 is 1.07 bits per heavy atom. The highest BCUT2D eigenvalue weighted by atomic mass is 19.1. The fourth-order valence-corrected chi connectivity index (χ4v) is 1.67. The molecule has 2 rings (SSSR count). The van der Waals surface area contributed by atoms with Crippen LogP contribution in [0.1, 0.15) is 11.6 Å². The molecule has 1 aliphatic heterocycles. The molecule has 1 aromatic rings. The van der Waals surface area contributed by atoms with Gasteiger partial charge in [-0.05, 0) is 17.7 Å². The zero-order chi connectivity index (χ0) is 9.97. The maximum atomic E-state index is 12.9. The van der Waals surface area contributed by atoms with Crippen LogP contribution in [-0.2, 0) is 0 Å². The Hall–Kier alpha value is -1.00. The van der Waals surface area contributed by atoms with E-state index in [9.17, 15) is 8.78 Å². The summed E-state index contributed by atoms with van der Waals surface area (Å²) in [6, 6.07) is 3.63. The maximum Gasteiger partial charge on any atom is 0.126 e. The van der Waals surface area contributed by atoms with Crippen molar-refractivity contribution in [1.82, 2.24) is 10.6 Å². The first-order valence-corrected chi connectivity index (χ1v) is 4.66. The third kappa shape index (κ3) is 2.08. The molecule has 0 aliphatic carbocycles. The number of nitrogens with one attached hydrogen (secondary N) is 2. The summed E-state index contributed by atoms with van der Waals surface area (Å²) in [6.07, 6.45) is 0. The lowest BCUT2D eigenvalue weighted by Gasteiger charge is -2.24. The van der Waals surface area contributed by atoms with E-state index in [4.69, 9.17) is 0 Å². The molecule has 1 atom stereocenters. The minimum atomic E-state index is -0.521. The van der Waals surface area contributed by atoms with Crippen LogP contribution < -0.4 is 10.6 Å². The van der Waals surface area contributed by atoms with Crippen LogP contribution in [0, 0.1) is 11.6 Å². The molecule has 0 bridgehead atoms. The van der Waals surface area contributed by atoms with E-state index in [0.29, 0.717) is 12.1 Å². The minimum absolute atomic E-state index is 0.00829. The van der Waals surface area contributed by atoms with Crippen molar-refractivity contribution in [2.45, 2.75) is 6.04 Å². The molecule has 0 saturated carbocycles. The van der Waals surface area contributed by atoms with Crippen molar-refractivity contribution < 1.29 is 8.78 Å². The number of rotatable bonds is 1. The van der Waals surface area contributed by atoms with Crippen LogP contribution in [-0.4, -0.2) is 19.6 Å². The predicted molar refractivity (Wildman–Crippen MR) is 50.0 cm³/mol. The molecular weight excluding hydrogens is 186 g/mol. The number of piperazine rings is 1. The van der Waals surface area contributed by atoms with Gasteiger partial charge >= 0.3 is 0 Å². The Kier molecular flexibility index (Phi) is 2.74. The Morgan fingerprint density at radius 3 is 2.36 bits per heavy atom. The molecule has 1 saturated heterocycles. The molecule has 1 aliphatic rings. The second kappa shape index (κ2) is 4.02. The van der Waals surface area contributed by atoms with Gasteiger partial charge in [0.25, 0.3) is 0 Å². The second-order valence-corrected chi connectivity index (χ2v) is 3.41. The molecule has 0 unspecified atom stereocenters. The zero-order valence-electron chi connectivity index (χ0n) is 7.69. The molecule has 1 heterocycles. The van der Waals surface area contributed by atoms with E-state index in [1.165, 1.54) is 12.1 Å². The number of hydrogen-bond acceptors (Lipinski definition) is 2. The fraction of sp³-hybridized carbons (Fsp3) is 0.400. The van der Waals surface area contributed by atoms with Crippen LogP contribution in [0.3, 0.4) is 0 Å². The van der Waals surface area contributed by atoms with E-state index in [0.717, 1.165) is 19.2 Å². The van der Waals surface area contributed by atoms with Crippen molar-refractivity contribution in [2.75, 3.05) is 19.6 Å². The van der Waals surface area contributed by atoms with Gasteiger partial charge in [-0.25, -0.2) is 8.78 Å². The molecule has 0 amide bonds. The quantitative estimate of drug-likeness (QED) is 0.708. The van der Waals surface area contributed by atoms with E-state index >= 15 is 0 Å². The number of hydrogen-bond donors (Lipinski definition) is 2. The number of halogens is 2. The van der Waals surface area contributed by atoms with Crippen molar-refractivity contribution in [3.05, 3.63) is 35.4 Å². The Bertz CT molecular complexity index is 302. The van der Waals surface area contributed by atoms with Gasteiger partial charge < -0.3 is 10.6 Å². The highest BCUT2D eigenvalue weighted by Crippen LogP contribution is 2.16. The Morgan fingerprint density at radius 2 is 1.79 bits per heavy atom. The molecule has 2 N–H and O–H groups in total. The van der Waals surface area contributed by atoms with E-state index < -0.39 is 11.6 Å². The fourth-order valence-electron chi connectivity index (χ4n) is 1.67. The van der Waals surface area contributed by atoms with Crippen LogP contribution in [0.15, 0.2) is 18.2 Å². The standard InChI is InChI=1S/C10H12F2N2/c11-8-3-7(4-9(12)5-8)10-6-13-1-2-14-10/h3-5,10,13-14H,1-2,6H2/t10-/m0/s1. The van der Waals surface area contributed by atoms with Crippen molar-refractivity contribution >= 4 is 0 Å². The van der Waals surface area contributed by atoms with E-state index in [2.05, 4.69) is 10.6 Å². The first kappa shape index (κ1) is 9.55. The molecule has 0 spiro atoms. The van der Waals surface area contributed by atoms with Gasteiger partial charge in [-0.1, -0.05) is 0 Å². The Labute approximate surface area is 81.3 Å². The summed E-state index contributed by atoms with van der Waals surface area (Å²) in [6.45, 7) is 2.43. The van der Waals surface area contributed by atoms with Gasteiger partial charge in [0.2, 0.25) is 0 Å². The van der Waals surface area contributed by atoms with Crippen LogP contribution in [0.5, 0.6) is 0 Å². The molecule has 0 aromatic heterocycles. The highest BCUT2D eigenvalue weighted by Gasteiger charge is 2.15. The van der Waals surface area contributed by atoms with Gasteiger partial charge in [0, 0.05) is 31.7 Å². The van der Waals surface area contributed by atoms with E-state index in [1.54, 1.807) is 0 Å². The lowest BCUT2D eigenvalue weighted by atomic mass is 10.1. The smallest absolute Gasteiger partial charge is 0.126 e. The first-order valence-electron chi connectivity index (χ1n) is 4.66. The molecule has 14 heavy (non-hydrogen) atoms. The van der Waals surface area contributed by atoms with Gasteiger partial charge in [-0.15, -0.1) is 0 Å². The lowest BCUT2D eigenvalue weighted by Crippen LogP contribution is -2.42. The van der Waals surface area contributed by atoms with Gasteiger partial charge in [0.15, 0.2) is 0 Å². The summed E-state index contributed by atoms with van der Waals surface area (Å²) in [5, 5.41) is 6.36. The molecular formula is C10H12F2N2. The minimum Gasteiger partial charge on any atom is -0.314 e. The van der Waals surface area contributed by atoms with Gasteiger partial charge in [0.1, 0.15) is 11.6 Å². The third-order valence-corrected chi connectivity index (χ3v) is 2.33. The maximum absolute atomic E-state index is 12.9. The molecule has 76 valence electrons. The van der Waals surface area contributed by atoms with Crippen molar-refractivity contribution in [3.8, 4) is 0 Å². The van der Waals surface area contributed by atoms with E-state index in [-0.39, 0.29) is 6.04 Å². The average Bonchev–Trinajstić information content (AvgIpc) is 2.18. The van der Waals surface area contributed by atoms with Gasteiger partial charge in [-0.3, -0.25) is 0 Å². The van der Waals surface area contributed by atoms with Crippen LogP contribution in [0.4, 0.5) is 8.78 Å². The largest absolute Gasteiger partial charge is 0.314 e. The molecule has 1 fully saturated rings.